The van der Waals surface area contributed by atoms with E-state index in [4.69, 9.17) is 16.2 Å². The van der Waals surface area contributed by atoms with Gasteiger partial charge in [0.15, 0.2) is 0 Å². The third-order valence-electron chi connectivity index (χ3n) is 4.02. The molecule has 2 aromatic heterocycles. The normalized spacial score (nSPS) is 12.5. The first-order valence-electron chi connectivity index (χ1n) is 8.69. The molecule has 6 heteroatoms. The zero-order chi connectivity index (χ0) is 20.1. The van der Waals surface area contributed by atoms with Crippen LogP contribution in [0.5, 0.6) is 0 Å². The van der Waals surface area contributed by atoms with Crippen LogP contribution in [0.25, 0.3) is 28.2 Å². The van der Waals surface area contributed by atoms with E-state index in [1.54, 1.807) is 18.5 Å². The van der Waals surface area contributed by atoms with Gasteiger partial charge in [-0.3, -0.25) is 4.98 Å². The molecule has 28 heavy (non-hydrogen) atoms. The maximum atomic E-state index is 9.59. The molecule has 0 saturated carbocycles. The quantitative estimate of drug-likeness (QED) is 0.523. The van der Waals surface area contributed by atoms with Crippen molar-refractivity contribution in [2.45, 2.75) is 18.7 Å². The topological polar surface area (TPSA) is 61.8 Å². The minimum atomic E-state index is -1.17. The van der Waals surface area contributed by atoms with E-state index in [0.717, 1.165) is 38.8 Å². The van der Waals surface area contributed by atoms with E-state index in [1.807, 2.05) is 42.5 Å². The lowest BCUT2D eigenvalue weighted by Crippen LogP contribution is -1.88. The molecular weight excluding hydrogens is 386 g/mol. The number of nitrogens with zero attached hydrogens (tertiary/aromatic N) is 2. The molecule has 142 valence electrons. The zero-order valence-electron chi connectivity index (χ0n) is 15.7. The highest BCUT2D eigenvalue weighted by Crippen LogP contribution is 2.31. The second-order valence-corrected chi connectivity index (χ2v) is 8.31. The fourth-order valence-corrected chi connectivity index (χ4v) is 3.51. The number of aromatic nitrogens is 3. The molecule has 0 aliphatic heterocycles. The number of hydrogen-bond acceptors (Lipinski definition) is 3. The Morgan fingerprint density at radius 1 is 1.11 bits per heavy atom. The summed E-state index contributed by atoms with van der Waals surface area (Å²) in [6.45, 7) is 7.94. The van der Waals surface area contributed by atoms with Crippen molar-refractivity contribution in [2.75, 3.05) is 0 Å². The Morgan fingerprint density at radius 2 is 1.79 bits per heavy atom. The van der Waals surface area contributed by atoms with Gasteiger partial charge in [-0.2, -0.15) is 0 Å². The average Bonchev–Trinajstić information content (AvgIpc) is 3.13. The van der Waals surface area contributed by atoms with Crippen LogP contribution in [0.2, 0.25) is 0 Å². The monoisotopic (exact) mass is 407 g/mol. The predicted molar refractivity (Wildman–Crippen MR) is 120 cm³/mol. The fraction of sp³-hybridized carbons (Fsp3) is 0.0909. The van der Waals surface area contributed by atoms with Crippen LogP contribution in [0.15, 0.2) is 84.1 Å². The zero-order valence-corrected chi connectivity index (χ0v) is 17.3. The molecule has 0 aliphatic rings. The molecule has 4 nitrogen and oxygen atoms in total. The number of pyridine rings is 1. The molecule has 2 N–H and O–H groups in total. The van der Waals surface area contributed by atoms with Crippen LogP contribution >= 0.6 is 0 Å². The van der Waals surface area contributed by atoms with Gasteiger partial charge in [-0.05, 0) is 49.3 Å². The van der Waals surface area contributed by atoms with Gasteiger partial charge in [0.1, 0.15) is 5.82 Å². The first-order valence-corrected chi connectivity index (χ1v) is 10.8. The van der Waals surface area contributed by atoms with Crippen LogP contribution in [0.3, 0.4) is 0 Å². The van der Waals surface area contributed by atoms with Crippen molar-refractivity contribution in [1.29, 1.82) is 0 Å². The van der Waals surface area contributed by atoms with Gasteiger partial charge in [0.2, 0.25) is 0 Å². The highest BCUT2D eigenvalue weighted by Gasteiger charge is 2.16. The third kappa shape index (κ3) is 4.59. The second-order valence-electron chi connectivity index (χ2n) is 6.40. The summed E-state index contributed by atoms with van der Waals surface area (Å²) < 4.78 is 9.59. The SMILES string of the molecule is C=C/C=C(\C=C(C)C)c1nc(-c2ccc(S(O)=S)cc2)[nH]c1-c1ccncc1. The number of rotatable bonds is 6. The van der Waals surface area contributed by atoms with E-state index in [1.165, 1.54) is 5.57 Å². The molecule has 0 amide bonds. The molecule has 2 heterocycles. The van der Waals surface area contributed by atoms with Gasteiger partial charge < -0.3 is 9.54 Å². The van der Waals surface area contributed by atoms with Crippen LogP contribution < -0.4 is 0 Å². The van der Waals surface area contributed by atoms with E-state index < -0.39 is 9.74 Å². The molecule has 0 radical (unpaired) electrons. The Balaban J connectivity index is 2.17. The van der Waals surface area contributed by atoms with Crippen molar-refractivity contribution in [1.82, 2.24) is 15.0 Å². The lowest BCUT2D eigenvalue weighted by Gasteiger charge is -2.04. The van der Waals surface area contributed by atoms with Crippen LogP contribution in [0, 0.1) is 0 Å². The summed E-state index contributed by atoms with van der Waals surface area (Å²) in [6, 6.07) is 11.4. The second kappa shape index (κ2) is 9.01. The Bertz CT molecular complexity index is 1060. The number of H-pyrrole nitrogens is 1. The average molecular weight is 408 g/mol. The lowest BCUT2D eigenvalue weighted by molar-refractivity contribution is 0.656. The summed E-state index contributed by atoms with van der Waals surface area (Å²) in [6.07, 6.45) is 9.33. The van der Waals surface area contributed by atoms with E-state index in [9.17, 15) is 4.55 Å². The number of aromatic amines is 1. The summed E-state index contributed by atoms with van der Waals surface area (Å²) in [5.74, 6) is 0.743. The van der Waals surface area contributed by atoms with Crippen LogP contribution in [0.4, 0.5) is 0 Å². The predicted octanol–water partition coefficient (Wildman–Crippen LogP) is 5.59. The van der Waals surface area contributed by atoms with E-state index >= 15 is 0 Å². The van der Waals surface area contributed by atoms with Crippen molar-refractivity contribution in [3.8, 4) is 22.6 Å². The summed E-state index contributed by atoms with van der Waals surface area (Å²) in [7, 11) is -1.17. The summed E-state index contributed by atoms with van der Waals surface area (Å²) in [5.41, 5.74) is 5.82. The largest absolute Gasteiger partial charge is 0.337 e. The Morgan fingerprint density at radius 3 is 2.36 bits per heavy atom. The maximum Gasteiger partial charge on any atom is 0.138 e. The van der Waals surface area contributed by atoms with Crippen molar-refractivity contribution in [3.05, 3.63) is 84.9 Å². The van der Waals surface area contributed by atoms with E-state index in [0.29, 0.717) is 0 Å². The highest BCUT2D eigenvalue weighted by molar-refractivity contribution is 8.25. The van der Waals surface area contributed by atoms with Crippen LogP contribution in [-0.2, 0) is 20.9 Å². The molecule has 0 spiro atoms. The first kappa shape index (κ1) is 20.1. The van der Waals surface area contributed by atoms with Crippen molar-refractivity contribution in [3.63, 3.8) is 0 Å². The summed E-state index contributed by atoms with van der Waals surface area (Å²) in [4.78, 5) is 13.2. The van der Waals surface area contributed by atoms with Gasteiger partial charge in [-0.25, -0.2) is 4.98 Å². The standard InChI is InChI=1S/C22H21N3OS2/c1-4-5-18(14-15(2)3)21-20(16-10-12-23-13-11-16)24-22(25-21)17-6-8-19(9-7-17)28(26)27/h4-14H,1H2,2-3H3,(H,24,25)(H,26,27)/b18-5+. The number of hydrogen-bond donors (Lipinski definition) is 2. The molecule has 3 aromatic rings. The number of nitrogens with one attached hydrogen (secondary N) is 1. The fourth-order valence-electron chi connectivity index (χ4n) is 2.81. The summed E-state index contributed by atoms with van der Waals surface area (Å²) in [5, 5.41) is 0. The van der Waals surface area contributed by atoms with Gasteiger partial charge in [-0.15, -0.1) is 0 Å². The van der Waals surface area contributed by atoms with Gasteiger partial charge in [-0.1, -0.05) is 42.5 Å². The van der Waals surface area contributed by atoms with Crippen molar-refractivity contribution in [2.24, 2.45) is 0 Å². The molecule has 0 fully saturated rings. The molecular formula is C22H21N3OS2. The maximum absolute atomic E-state index is 9.59. The third-order valence-corrected chi connectivity index (χ3v) is 5.27. The van der Waals surface area contributed by atoms with Crippen molar-refractivity contribution >= 4 is 26.5 Å². The molecule has 3 rings (SSSR count). The molecule has 0 saturated heterocycles. The van der Waals surface area contributed by atoms with E-state index in [-0.39, 0.29) is 0 Å². The molecule has 0 aliphatic carbocycles. The lowest BCUT2D eigenvalue weighted by atomic mass is 10.0. The van der Waals surface area contributed by atoms with Gasteiger partial charge in [0.25, 0.3) is 0 Å². The number of allylic oxidation sites excluding steroid dienone is 5. The Kier molecular flexibility index (Phi) is 6.46. The van der Waals surface area contributed by atoms with Gasteiger partial charge >= 0.3 is 0 Å². The van der Waals surface area contributed by atoms with Crippen LogP contribution in [-0.4, -0.2) is 19.5 Å². The van der Waals surface area contributed by atoms with Gasteiger partial charge in [0.05, 0.1) is 11.4 Å². The molecule has 1 aromatic carbocycles. The van der Waals surface area contributed by atoms with Crippen molar-refractivity contribution < 1.29 is 4.55 Å². The summed E-state index contributed by atoms with van der Waals surface area (Å²) >= 11 is 4.93. The number of imidazole rings is 1. The van der Waals surface area contributed by atoms with Crippen LogP contribution in [0.1, 0.15) is 19.5 Å². The minimum absolute atomic E-state index is 0.719. The molecule has 0 bridgehead atoms. The smallest absolute Gasteiger partial charge is 0.138 e. The molecule has 1 unspecified atom stereocenters. The number of benzene rings is 1. The minimum Gasteiger partial charge on any atom is -0.337 e. The Labute approximate surface area is 172 Å². The highest BCUT2D eigenvalue weighted by atomic mass is 32.8. The first-order chi connectivity index (χ1) is 13.5. The molecule has 1 atom stereocenters. The van der Waals surface area contributed by atoms with Gasteiger partial charge in [0, 0.05) is 43.7 Å². The van der Waals surface area contributed by atoms with E-state index in [2.05, 4.69) is 36.5 Å². The Hall–Kier alpha value is -2.67.